The fourth-order valence-corrected chi connectivity index (χ4v) is 1.94. The van der Waals surface area contributed by atoms with E-state index in [1.54, 1.807) is 0 Å². The monoisotopic (exact) mass is 299 g/mol. The molecular formula is C14H18ClNO4. The number of carboxylic acid groups (broad SMARTS) is 1. The zero-order chi connectivity index (χ0) is 15.0. The highest BCUT2D eigenvalue weighted by molar-refractivity contribution is 6.33. The average Bonchev–Trinajstić information content (AvgIpc) is 2.39. The van der Waals surface area contributed by atoms with Crippen LogP contribution in [-0.2, 0) is 4.79 Å². The minimum Gasteiger partial charge on any atom is -0.508 e. The Balaban J connectivity index is 2.23. The molecule has 0 atom stereocenters. The Labute approximate surface area is 122 Å². The zero-order valence-electron chi connectivity index (χ0n) is 11.1. The van der Waals surface area contributed by atoms with Crippen LogP contribution in [0.3, 0.4) is 0 Å². The fraction of sp³-hybridized carbons (Fsp3) is 0.429. The third-order valence-corrected chi connectivity index (χ3v) is 3.13. The summed E-state index contributed by atoms with van der Waals surface area (Å²) in [7, 11) is 0. The van der Waals surface area contributed by atoms with Crippen LogP contribution in [0.2, 0.25) is 5.02 Å². The summed E-state index contributed by atoms with van der Waals surface area (Å²) in [5.41, 5.74) is 0.248. The number of halogens is 1. The van der Waals surface area contributed by atoms with Gasteiger partial charge in [-0.15, -0.1) is 0 Å². The summed E-state index contributed by atoms with van der Waals surface area (Å²) in [6, 6.07) is 4.21. The molecule has 6 heteroatoms. The Bertz CT molecular complexity index is 476. The third-order valence-electron chi connectivity index (χ3n) is 2.80. The predicted octanol–water partition coefficient (Wildman–Crippen LogP) is 2.81. The molecule has 0 unspecified atom stereocenters. The summed E-state index contributed by atoms with van der Waals surface area (Å²) in [6.07, 6.45) is 3.31. The lowest BCUT2D eigenvalue weighted by Crippen LogP contribution is -2.24. The van der Waals surface area contributed by atoms with Crippen LogP contribution in [0, 0.1) is 0 Å². The van der Waals surface area contributed by atoms with Crippen molar-refractivity contribution in [1.29, 1.82) is 0 Å². The van der Waals surface area contributed by atoms with Gasteiger partial charge < -0.3 is 15.5 Å². The molecule has 0 aromatic heterocycles. The van der Waals surface area contributed by atoms with Crippen LogP contribution in [-0.4, -0.2) is 28.6 Å². The zero-order valence-corrected chi connectivity index (χ0v) is 11.8. The second-order valence-electron chi connectivity index (χ2n) is 4.48. The summed E-state index contributed by atoms with van der Waals surface area (Å²) in [5, 5.41) is 20.8. The highest BCUT2D eigenvalue weighted by Crippen LogP contribution is 2.20. The smallest absolute Gasteiger partial charge is 0.303 e. The summed E-state index contributed by atoms with van der Waals surface area (Å²) in [6.45, 7) is 0.498. The number of nitrogens with one attached hydrogen (secondary N) is 1. The Morgan fingerprint density at radius 1 is 1.15 bits per heavy atom. The average molecular weight is 300 g/mol. The first-order valence-electron chi connectivity index (χ1n) is 6.49. The molecule has 1 aromatic rings. The molecule has 20 heavy (non-hydrogen) atoms. The van der Waals surface area contributed by atoms with Crippen molar-refractivity contribution in [3.8, 4) is 5.75 Å². The molecule has 0 heterocycles. The molecule has 0 saturated carbocycles. The quantitative estimate of drug-likeness (QED) is 0.644. The molecular weight excluding hydrogens is 282 g/mol. The van der Waals surface area contributed by atoms with Crippen molar-refractivity contribution in [3.05, 3.63) is 28.8 Å². The van der Waals surface area contributed by atoms with E-state index in [-0.39, 0.29) is 23.6 Å². The molecule has 1 aromatic carbocycles. The molecule has 0 fully saturated rings. The topological polar surface area (TPSA) is 86.6 Å². The van der Waals surface area contributed by atoms with Gasteiger partial charge in [0.2, 0.25) is 0 Å². The van der Waals surface area contributed by atoms with Crippen molar-refractivity contribution in [3.63, 3.8) is 0 Å². The molecule has 0 radical (unpaired) electrons. The lowest BCUT2D eigenvalue weighted by Gasteiger charge is -2.07. The standard InChI is InChI=1S/C14H18ClNO4/c15-12-7-6-10(17)9-11(12)14(20)16-8-4-2-1-3-5-13(18)19/h6-7,9,17H,1-5,8H2,(H,16,20)(H,18,19). The van der Waals surface area contributed by atoms with E-state index in [1.165, 1.54) is 18.2 Å². The molecule has 1 amide bonds. The van der Waals surface area contributed by atoms with Gasteiger partial charge in [0.15, 0.2) is 0 Å². The minimum atomic E-state index is -0.781. The van der Waals surface area contributed by atoms with Crippen LogP contribution in [0.5, 0.6) is 5.75 Å². The Kier molecular flexibility index (Phi) is 6.87. The largest absolute Gasteiger partial charge is 0.508 e. The molecule has 3 N–H and O–H groups in total. The summed E-state index contributed by atoms with van der Waals surface area (Å²) in [5.74, 6) is -1.11. The van der Waals surface area contributed by atoms with E-state index < -0.39 is 5.97 Å². The van der Waals surface area contributed by atoms with E-state index in [4.69, 9.17) is 16.7 Å². The molecule has 0 aliphatic carbocycles. The number of rotatable bonds is 8. The number of aromatic hydroxyl groups is 1. The van der Waals surface area contributed by atoms with Gasteiger partial charge in [-0.25, -0.2) is 0 Å². The minimum absolute atomic E-state index is 0.00628. The number of carbonyl (C=O) groups excluding carboxylic acids is 1. The van der Waals surface area contributed by atoms with Crippen molar-refractivity contribution in [2.24, 2.45) is 0 Å². The van der Waals surface area contributed by atoms with Crippen molar-refractivity contribution >= 4 is 23.5 Å². The van der Waals surface area contributed by atoms with Crippen LogP contribution >= 0.6 is 11.6 Å². The number of benzene rings is 1. The number of carboxylic acids is 1. The van der Waals surface area contributed by atoms with Crippen molar-refractivity contribution < 1.29 is 19.8 Å². The lowest BCUT2D eigenvalue weighted by molar-refractivity contribution is -0.137. The number of amides is 1. The Morgan fingerprint density at radius 2 is 1.85 bits per heavy atom. The Hall–Kier alpha value is -1.75. The van der Waals surface area contributed by atoms with E-state index >= 15 is 0 Å². The van der Waals surface area contributed by atoms with Crippen LogP contribution in [0.1, 0.15) is 42.5 Å². The number of phenolic OH excluding ortho intramolecular Hbond substituents is 1. The third kappa shape index (κ3) is 5.93. The maximum absolute atomic E-state index is 11.8. The maximum atomic E-state index is 11.8. The van der Waals surface area contributed by atoms with Gasteiger partial charge in [-0.05, 0) is 31.0 Å². The van der Waals surface area contributed by atoms with Gasteiger partial charge in [-0.3, -0.25) is 9.59 Å². The molecule has 0 spiro atoms. The van der Waals surface area contributed by atoms with E-state index in [0.717, 1.165) is 19.3 Å². The van der Waals surface area contributed by atoms with Gasteiger partial charge in [0.25, 0.3) is 5.91 Å². The van der Waals surface area contributed by atoms with Crippen LogP contribution in [0.25, 0.3) is 0 Å². The van der Waals surface area contributed by atoms with Crippen LogP contribution in [0.15, 0.2) is 18.2 Å². The number of hydrogen-bond donors (Lipinski definition) is 3. The lowest BCUT2D eigenvalue weighted by atomic mass is 10.1. The first-order valence-corrected chi connectivity index (χ1v) is 6.87. The highest BCUT2D eigenvalue weighted by Gasteiger charge is 2.10. The van der Waals surface area contributed by atoms with Crippen molar-refractivity contribution in [2.45, 2.75) is 32.1 Å². The molecule has 110 valence electrons. The van der Waals surface area contributed by atoms with E-state index in [2.05, 4.69) is 5.32 Å². The van der Waals surface area contributed by atoms with Gasteiger partial charge in [0, 0.05) is 13.0 Å². The molecule has 0 saturated heterocycles. The van der Waals surface area contributed by atoms with Crippen molar-refractivity contribution in [2.75, 3.05) is 6.54 Å². The van der Waals surface area contributed by atoms with E-state index in [1.807, 2.05) is 0 Å². The van der Waals surface area contributed by atoms with Gasteiger partial charge in [0.1, 0.15) is 5.75 Å². The van der Waals surface area contributed by atoms with Gasteiger partial charge in [0.05, 0.1) is 10.6 Å². The van der Waals surface area contributed by atoms with E-state index in [0.29, 0.717) is 18.0 Å². The fourth-order valence-electron chi connectivity index (χ4n) is 1.74. The number of unbranched alkanes of at least 4 members (excludes halogenated alkanes) is 3. The van der Waals surface area contributed by atoms with Gasteiger partial charge >= 0.3 is 5.97 Å². The SMILES string of the molecule is O=C(O)CCCCCCNC(=O)c1cc(O)ccc1Cl. The first kappa shape index (κ1) is 16.3. The summed E-state index contributed by atoms with van der Waals surface area (Å²) >= 11 is 5.87. The molecule has 5 nitrogen and oxygen atoms in total. The highest BCUT2D eigenvalue weighted by atomic mass is 35.5. The summed E-state index contributed by atoms with van der Waals surface area (Å²) in [4.78, 5) is 22.1. The number of aliphatic carboxylic acids is 1. The summed E-state index contributed by atoms with van der Waals surface area (Å²) < 4.78 is 0. The second-order valence-corrected chi connectivity index (χ2v) is 4.89. The number of carbonyl (C=O) groups is 2. The second kappa shape index (κ2) is 8.43. The van der Waals surface area contributed by atoms with Crippen LogP contribution in [0.4, 0.5) is 0 Å². The number of hydrogen-bond acceptors (Lipinski definition) is 3. The Morgan fingerprint density at radius 3 is 2.55 bits per heavy atom. The van der Waals surface area contributed by atoms with Gasteiger partial charge in [-0.1, -0.05) is 24.4 Å². The molecule has 0 aliphatic heterocycles. The normalized spacial score (nSPS) is 10.2. The maximum Gasteiger partial charge on any atom is 0.303 e. The number of phenols is 1. The molecule has 0 bridgehead atoms. The molecule has 1 rings (SSSR count). The van der Waals surface area contributed by atoms with Crippen molar-refractivity contribution in [1.82, 2.24) is 5.32 Å². The first-order chi connectivity index (χ1) is 9.50. The van der Waals surface area contributed by atoms with Gasteiger partial charge in [-0.2, -0.15) is 0 Å². The van der Waals surface area contributed by atoms with Crippen LogP contribution < -0.4 is 5.32 Å². The predicted molar refractivity (Wildman–Crippen MR) is 76.2 cm³/mol. The van der Waals surface area contributed by atoms with E-state index in [9.17, 15) is 14.7 Å². The molecule has 0 aliphatic rings.